The number of hydrogen-bond donors (Lipinski definition) is 0. The van der Waals surface area contributed by atoms with Crippen molar-refractivity contribution in [1.82, 2.24) is 9.55 Å². The number of para-hydroxylation sites is 1. The van der Waals surface area contributed by atoms with Crippen LogP contribution in [0.5, 0.6) is 5.75 Å². The second kappa shape index (κ2) is 6.41. The highest BCUT2D eigenvalue weighted by Gasteiger charge is 2.05. The molecule has 0 aliphatic rings. The van der Waals surface area contributed by atoms with E-state index in [2.05, 4.69) is 4.98 Å². The lowest BCUT2D eigenvalue weighted by Gasteiger charge is -2.08. The Balaban J connectivity index is 0.00000161. The number of halogens is 1. The molecule has 4 nitrogen and oxygen atoms in total. The molecule has 21 heavy (non-hydrogen) atoms. The molecule has 0 radical (unpaired) electrons. The summed E-state index contributed by atoms with van der Waals surface area (Å²) in [5, 5.41) is 0.615. The Kier molecular flexibility index (Phi) is 4.60. The maximum atomic E-state index is 12.4. The van der Waals surface area contributed by atoms with Crippen LogP contribution in [0.3, 0.4) is 0 Å². The van der Waals surface area contributed by atoms with Gasteiger partial charge in [0.2, 0.25) is 0 Å². The lowest BCUT2D eigenvalue weighted by Crippen LogP contribution is -2.18. The van der Waals surface area contributed by atoms with Gasteiger partial charge in [-0.25, -0.2) is 4.98 Å². The lowest BCUT2D eigenvalue weighted by molar-refractivity contribution is 0.340. The van der Waals surface area contributed by atoms with Gasteiger partial charge in [0.1, 0.15) is 12.1 Å². The average molecular weight is 303 g/mol. The van der Waals surface area contributed by atoms with Crippen LogP contribution >= 0.6 is 12.4 Å². The minimum absolute atomic E-state index is 0. The van der Waals surface area contributed by atoms with E-state index >= 15 is 0 Å². The summed E-state index contributed by atoms with van der Waals surface area (Å²) in [5.74, 6) is 0.790. The standard InChI is InChI=1S/C16H14N2O2.ClH/c1-2-20-13-9-7-12(8-10-13)18-11-17-15-6-4-3-5-14(15)16(18)19;/h3-11H,2H2,1H3;1H. The monoisotopic (exact) mass is 302 g/mol. The predicted octanol–water partition coefficient (Wildman–Crippen LogP) is 3.21. The minimum atomic E-state index is -0.0697. The van der Waals surface area contributed by atoms with E-state index in [1.54, 1.807) is 12.4 Å². The third-order valence-electron chi connectivity index (χ3n) is 3.09. The third kappa shape index (κ3) is 2.90. The molecule has 0 atom stereocenters. The zero-order valence-electron chi connectivity index (χ0n) is 11.5. The number of benzene rings is 2. The zero-order chi connectivity index (χ0) is 13.9. The molecule has 1 heterocycles. The minimum Gasteiger partial charge on any atom is -0.494 e. The highest BCUT2D eigenvalue weighted by atomic mass is 35.5. The van der Waals surface area contributed by atoms with E-state index in [9.17, 15) is 4.79 Å². The molecule has 0 N–H and O–H groups in total. The van der Waals surface area contributed by atoms with Gasteiger partial charge in [-0.15, -0.1) is 12.4 Å². The number of ether oxygens (including phenoxy) is 1. The van der Waals surface area contributed by atoms with E-state index < -0.39 is 0 Å². The van der Waals surface area contributed by atoms with Crippen molar-refractivity contribution in [2.75, 3.05) is 6.61 Å². The Morgan fingerprint density at radius 3 is 2.52 bits per heavy atom. The van der Waals surface area contributed by atoms with Crippen LogP contribution in [-0.2, 0) is 0 Å². The SMILES string of the molecule is CCOc1ccc(-n2cnc3ccccc3c2=O)cc1.Cl. The topological polar surface area (TPSA) is 44.1 Å². The highest BCUT2D eigenvalue weighted by molar-refractivity contribution is 5.85. The van der Waals surface area contributed by atoms with Gasteiger partial charge in [0.25, 0.3) is 5.56 Å². The maximum Gasteiger partial charge on any atom is 0.265 e. The predicted molar refractivity (Wildman–Crippen MR) is 85.8 cm³/mol. The van der Waals surface area contributed by atoms with E-state index in [-0.39, 0.29) is 18.0 Å². The van der Waals surface area contributed by atoms with Crippen LogP contribution < -0.4 is 10.3 Å². The van der Waals surface area contributed by atoms with Crippen molar-refractivity contribution in [1.29, 1.82) is 0 Å². The fourth-order valence-corrected chi connectivity index (χ4v) is 2.12. The van der Waals surface area contributed by atoms with Crippen molar-refractivity contribution in [2.24, 2.45) is 0 Å². The fraction of sp³-hybridized carbons (Fsp3) is 0.125. The number of aromatic nitrogens is 2. The van der Waals surface area contributed by atoms with Crippen molar-refractivity contribution >= 4 is 23.3 Å². The Labute approximate surface area is 128 Å². The van der Waals surface area contributed by atoms with Gasteiger partial charge in [0.05, 0.1) is 23.2 Å². The largest absolute Gasteiger partial charge is 0.494 e. The molecule has 0 aliphatic heterocycles. The fourth-order valence-electron chi connectivity index (χ4n) is 2.12. The Hall–Kier alpha value is -2.33. The van der Waals surface area contributed by atoms with Crippen LogP contribution in [-0.4, -0.2) is 16.2 Å². The summed E-state index contributed by atoms with van der Waals surface area (Å²) >= 11 is 0. The molecule has 0 saturated carbocycles. The Morgan fingerprint density at radius 2 is 1.81 bits per heavy atom. The molecule has 3 rings (SSSR count). The summed E-state index contributed by atoms with van der Waals surface area (Å²) in [6.45, 7) is 2.56. The Bertz CT molecular complexity index is 797. The van der Waals surface area contributed by atoms with E-state index in [0.717, 1.165) is 11.4 Å². The first-order chi connectivity index (χ1) is 9.79. The van der Waals surface area contributed by atoms with Gasteiger partial charge >= 0.3 is 0 Å². The molecule has 5 heteroatoms. The molecule has 0 amide bonds. The zero-order valence-corrected chi connectivity index (χ0v) is 12.3. The molecule has 0 spiro atoms. The summed E-state index contributed by atoms with van der Waals surface area (Å²) in [6.07, 6.45) is 1.56. The first kappa shape index (κ1) is 15.1. The van der Waals surface area contributed by atoms with Gasteiger partial charge in [-0.2, -0.15) is 0 Å². The maximum absolute atomic E-state index is 12.4. The van der Waals surface area contributed by atoms with E-state index in [0.29, 0.717) is 17.5 Å². The van der Waals surface area contributed by atoms with Crippen molar-refractivity contribution in [3.05, 3.63) is 65.2 Å². The molecule has 3 aromatic rings. The molecule has 0 saturated heterocycles. The molecular formula is C16H15ClN2O2. The molecule has 108 valence electrons. The van der Waals surface area contributed by atoms with Crippen LogP contribution in [0.2, 0.25) is 0 Å². The molecule has 0 fully saturated rings. The second-order valence-electron chi connectivity index (χ2n) is 4.36. The first-order valence-electron chi connectivity index (χ1n) is 6.49. The summed E-state index contributed by atoms with van der Waals surface area (Å²) in [5.41, 5.74) is 1.41. The molecule has 2 aromatic carbocycles. The van der Waals surface area contributed by atoms with Crippen LogP contribution in [0.4, 0.5) is 0 Å². The highest BCUT2D eigenvalue weighted by Crippen LogP contribution is 2.15. The molecular weight excluding hydrogens is 288 g/mol. The third-order valence-corrected chi connectivity index (χ3v) is 3.09. The van der Waals surface area contributed by atoms with Gasteiger partial charge in [-0.3, -0.25) is 9.36 Å². The van der Waals surface area contributed by atoms with Gasteiger partial charge in [-0.05, 0) is 43.3 Å². The number of fused-ring (bicyclic) bond motifs is 1. The van der Waals surface area contributed by atoms with E-state index in [1.807, 2.05) is 49.4 Å². The van der Waals surface area contributed by atoms with Gasteiger partial charge in [0, 0.05) is 0 Å². The quantitative estimate of drug-likeness (QED) is 0.746. The second-order valence-corrected chi connectivity index (χ2v) is 4.36. The lowest BCUT2D eigenvalue weighted by atomic mass is 10.2. The smallest absolute Gasteiger partial charge is 0.265 e. The summed E-state index contributed by atoms with van der Waals surface area (Å²) < 4.78 is 6.93. The molecule has 0 aliphatic carbocycles. The Morgan fingerprint density at radius 1 is 1.10 bits per heavy atom. The van der Waals surface area contributed by atoms with Crippen LogP contribution in [0, 0.1) is 0 Å². The van der Waals surface area contributed by atoms with E-state index in [4.69, 9.17) is 4.74 Å². The van der Waals surface area contributed by atoms with Crippen LogP contribution in [0.25, 0.3) is 16.6 Å². The number of hydrogen-bond acceptors (Lipinski definition) is 3. The van der Waals surface area contributed by atoms with Crippen molar-refractivity contribution in [2.45, 2.75) is 6.92 Å². The summed E-state index contributed by atoms with van der Waals surface area (Å²) in [4.78, 5) is 16.7. The number of rotatable bonds is 3. The van der Waals surface area contributed by atoms with Crippen LogP contribution in [0.1, 0.15) is 6.92 Å². The van der Waals surface area contributed by atoms with Crippen LogP contribution in [0.15, 0.2) is 59.7 Å². The van der Waals surface area contributed by atoms with Crippen molar-refractivity contribution in [3.63, 3.8) is 0 Å². The normalized spacial score (nSPS) is 10.1. The van der Waals surface area contributed by atoms with Crippen molar-refractivity contribution < 1.29 is 4.74 Å². The van der Waals surface area contributed by atoms with E-state index in [1.165, 1.54) is 4.57 Å². The van der Waals surface area contributed by atoms with Gasteiger partial charge in [0.15, 0.2) is 0 Å². The molecule has 1 aromatic heterocycles. The number of nitrogens with zero attached hydrogens (tertiary/aromatic N) is 2. The average Bonchev–Trinajstić information content (AvgIpc) is 2.49. The van der Waals surface area contributed by atoms with Crippen molar-refractivity contribution in [3.8, 4) is 11.4 Å². The van der Waals surface area contributed by atoms with Gasteiger partial charge in [-0.1, -0.05) is 12.1 Å². The summed E-state index contributed by atoms with van der Waals surface area (Å²) in [6, 6.07) is 14.7. The molecule has 0 bridgehead atoms. The summed E-state index contributed by atoms with van der Waals surface area (Å²) in [7, 11) is 0. The van der Waals surface area contributed by atoms with Gasteiger partial charge < -0.3 is 4.74 Å². The first-order valence-corrected chi connectivity index (χ1v) is 6.49. The molecule has 0 unspecified atom stereocenters.